The van der Waals surface area contributed by atoms with Crippen LogP contribution in [0.4, 0.5) is 0 Å². The predicted octanol–water partition coefficient (Wildman–Crippen LogP) is 4.23. The number of ketones is 1. The number of Topliss-reactive ketones (excluding diaryl/α,β-unsaturated/α-hetero) is 1. The molecule has 3 nitrogen and oxygen atoms in total. The van der Waals surface area contributed by atoms with Crippen LogP contribution in [0.1, 0.15) is 17.3 Å². The van der Waals surface area contributed by atoms with Gasteiger partial charge in [-0.25, -0.2) is 0 Å². The highest BCUT2D eigenvalue weighted by Crippen LogP contribution is 2.41. The normalized spacial score (nSPS) is 10.2. The Labute approximate surface area is 123 Å². The summed E-state index contributed by atoms with van der Waals surface area (Å²) in [6.45, 7) is 1.54. The molecule has 0 aromatic heterocycles. The molecule has 20 heavy (non-hydrogen) atoms. The van der Waals surface area contributed by atoms with Crippen LogP contribution in [0.2, 0.25) is 5.02 Å². The van der Waals surface area contributed by atoms with Gasteiger partial charge in [0.25, 0.3) is 0 Å². The number of halogens is 1. The summed E-state index contributed by atoms with van der Waals surface area (Å²) in [5, 5.41) is 0.417. The van der Waals surface area contributed by atoms with Crippen molar-refractivity contribution < 1.29 is 14.3 Å². The fourth-order valence-electron chi connectivity index (χ4n) is 2.03. The summed E-state index contributed by atoms with van der Waals surface area (Å²) in [6, 6.07) is 11.0. The number of rotatable bonds is 4. The SMILES string of the molecule is COc1ccc(-c2cccc(C(C)=O)c2)c(OC)c1Cl. The molecule has 0 aliphatic rings. The lowest BCUT2D eigenvalue weighted by Crippen LogP contribution is -1.95. The Morgan fingerprint density at radius 2 is 1.85 bits per heavy atom. The van der Waals surface area contributed by atoms with E-state index in [1.54, 1.807) is 26.4 Å². The largest absolute Gasteiger partial charge is 0.495 e. The fraction of sp³-hybridized carbons (Fsp3) is 0.188. The number of methoxy groups -OCH3 is 2. The van der Waals surface area contributed by atoms with Crippen LogP contribution in [0.15, 0.2) is 36.4 Å². The zero-order valence-corrected chi connectivity index (χ0v) is 12.3. The second-order valence-electron chi connectivity index (χ2n) is 4.30. The maximum Gasteiger partial charge on any atom is 0.159 e. The van der Waals surface area contributed by atoms with Crippen LogP contribution in [0.3, 0.4) is 0 Å². The van der Waals surface area contributed by atoms with Gasteiger partial charge in [0, 0.05) is 11.1 Å². The van der Waals surface area contributed by atoms with Gasteiger partial charge in [0.1, 0.15) is 16.5 Å². The predicted molar refractivity (Wildman–Crippen MR) is 80.0 cm³/mol. The molecule has 0 spiro atoms. The van der Waals surface area contributed by atoms with Crippen LogP contribution in [0, 0.1) is 0 Å². The highest BCUT2D eigenvalue weighted by atomic mass is 35.5. The van der Waals surface area contributed by atoms with Crippen molar-refractivity contribution in [2.24, 2.45) is 0 Å². The lowest BCUT2D eigenvalue weighted by molar-refractivity contribution is 0.101. The summed E-state index contributed by atoms with van der Waals surface area (Å²) >= 11 is 6.25. The minimum absolute atomic E-state index is 0.0189. The molecule has 0 fully saturated rings. The van der Waals surface area contributed by atoms with Gasteiger partial charge < -0.3 is 9.47 Å². The molecule has 0 heterocycles. The molecule has 0 unspecified atom stereocenters. The number of carbonyl (C=O) groups excluding carboxylic acids is 1. The molecule has 0 bridgehead atoms. The molecule has 0 aliphatic carbocycles. The number of hydrogen-bond acceptors (Lipinski definition) is 3. The Bertz CT molecular complexity index is 650. The lowest BCUT2D eigenvalue weighted by Gasteiger charge is -2.13. The quantitative estimate of drug-likeness (QED) is 0.791. The van der Waals surface area contributed by atoms with E-state index in [9.17, 15) is 4.79 Å². The average molecular weight is 291 g/mol. The van der Waals surface area contributed by atoms with Crippen molar-refractivity contribution in [3.63, 3.8) is 0 Å². The maximum atomic E-state index is 11.5. The van der Waals surface area contributed by atoms with Crippen molar-refractivity contribution in [3.05, 3.63) is 47.0 Å². The molecule has 0 N–H and O–H groups in total. The van der Waals surface area contributed by atoms with E-state index in [0.717, 1.165) is 11.1 Å². The first-order valence-corrected chi connectivity index (χ1v) is 6.48. The van der Waals surface area contributed by atoms with E-state index in [0.29, 0.717) is 22.1 Å². The monoisotopic (exact) mass is 290 g/mol. The smallest absolute Gasteiger partial charge is 0.159 e. The van der Waals surface area contributed by atoms with E-state index in [-0.39, 0.29) is 5.78 Å². The molecule has 4 heteroatoms. The van der Waals surface area contributed by atoms with Gasteiger partial charge in [0.2, 0.25) is 0 Å². The van der Waals surface area contributed by atoms with E-state index in [1.807, 2.05) is 24.3 Å². The van der Waals surface area contributed by atoms with Crippen molar-refractivity contribution >= 4 is 17.4 Å². The van der Waals surface area contributed by atoms with Gasteiger partial charge in [-0.3, -0.25) is 4.79 Å². The second-order valence-corrected chi connectivity index (χ2v) is 4.68. The van der Waals surface area contributed by atoms with E-state index in [1.165, 1.54) is 6.92 Å². The van der Waals surface area contributed by atoms with E-state index >= 15 is 0 Å². The first-order valence-electron chi connectivity index (χ1n) is 6.10. The minimum atomic E-state index is 0.0189. The molecule has 0 amide bonds. The maximum absolute atomic E-state index is 11.5. The Morgan fingerprint density at radius 1 is 1.10 bits per heavy atom. The van der Waals surface area contributed by atoms with Gasteiger partial charge in [-0.15, -0.1) is 0 Å². The van der Waals surface area contributed by atoms with Crippen molar-refractivity contribution in [1.82, 2.24) is 0 Å². The van der Waals surface area contributed by atoms with Crippen LogP contribution in [-0.2, 0) is 0 Å². The number of hydrogen-bond donors (Lipinski definition) is 0. The second kappa shape index (κ2) is 5.97. The Morgan fingerprint density at radius 3 is 2.45 bits per heavy atom. The topological polar surface area (TPSA) is 35.5 Å². The van der Waals surface area contributed by atoms with Crippen molar-refractivity contribution in [2.75, 3.05) is 14.2 Å². The summed E-state index contributed by atoms with van der Waals surface area (Å²) in [5.41, 5.74) is 2.34. The molecule has 104 valence electrons. The Hall–Kier alpha value is -2.00. The number of carbonyl (C=O) groups is 1. The third kappa shape index (κ3) is 2.63. The van der Waals surface area contributed by atoms with Crippen molar-refractivity contribution in [2.45, 2.75) is 6.92 Å². The first-order chi connectivity index (χ1) is 9.58. The van der Waals surface area contributed by atoms with Gasteiger partial charge in [-0.05, 0) is 30.7 Å². The van der Waals surface area contributed by atoms with Crippen LogP contribution in [-0.4, -0.2) is 20.0 Å². The molecular weight excluding hydrogens is 276 g/mol. The third-order valence-corrected chi connectivity index (χ3v) is 3.42. The molecule has 2 rings (SSSR count). The molecule has 2 aromatic rings. The molecular formula is C16H15ClO3. The molecule has 0 radical (unpaired) electrons. The summed E-state index contributed by atoms with van der Waals surface area (Å²) in [6.07, 6.45) is 0. The molecule has 0 atom stereocenters. The Kier molecular flexibility index (Phi) is 4.30. The minimum Gasteiger partial charge on any atom is -0.495 e. The summed E-state index contributed by atoms with van der Waals surface area (Å²) in [5.74, 6) is 1.10. The zero-order chi connectivity index (χ0) is 14.7. The van der Waals surface area contributed by atoms with Crippen LogP contribution >= 0.6 is 11.6 Å². The van der Waals surface area contributed by atoms with E-state index in [2.05, 4.69) is 0 Å². The van der Waals surface area contributed by atoms with Gasteiger partial charge in [0.05, 0.1) is 14.2 Å². The Balaban J connectivity index is 2.60. The first kappa shape index (κ1) is 14.4. The van der Waals surface area contributed by atoms with Gasteiger partial charge >= 0.3 is 0 Å². The third-order valence-electron chi connectivity index (χ3n) is 3.07. The standard InChI is InChI=1S/C16H15ClO3/c1-10(18)11-5-4-6-12(9-11)13-7-8-14(19-2)15(17)16(13)20-3/h4-9H,1-3H3. The van der Waals surface area contributed by atoms with Crippen molar-refractivity contribution in [3.8, 4) is 22.6 Å². The fourth-order valence-corrected chi connectivity index (χ4v) is 2.35. The van der Waals surface area contributed by atoms with E-state index < -0.39 is 0 Å². The summed E-state index contributed by atoms with van der Waals surface area (Å²) in [4.78, 5) is 11.5. The van der Waals surface area contributed by atoms with Crippen LogP contribution < -0.4 is 9.47 Å². The number of ether oxygens (including phenoxy) is 2. The highest BCUT2D eigenvalue weighted by Gasteiger charge is 2.15. The summed E-state index contributed by atoms with van der Waals surface area (Å²) < 4.78 is 10.6. The van der Waals surface area contributed by atoms with Gasteiger partial charge in [-0.2, -0.15) is 0 Å². The molecule has 0 saturated heterocycles. The van der Waals surface area contributed by atoms with E-state index in [4.69, 9.17) is 21.1 Å². The lowest BCUT2D eigenvalue weighted by atomic mass is 10.0. The number of benzene rings is 2. The summed E-state index contributed by atoms with van der Waals surface area (Å²) in [7, 11) is 3.11. The molecule has 2 aromatic carbocycles. The van der Waals surface area contributed by atoms with Crippen LogP contribution in [0.5, 0.6) is 11.5 Å². The van der Waals surface area contributed by atoms with Gasteiger partial charge in [-0.1, -0.05) is 29.8 Å². The zero-order valence-electron chi connectivity index (χ0n) is 11.6. The molecule has 0 aliphatic heterocycles. The van der Waals surface area contributed by atoms with Crippen molar-refractivity contribution in [1.29, 1.82) is 0 Å². The molecule has 0 saturated carbocycles. The average Bonchev–Trinajstić information content (AvgIpc) is 2.47. The van der Waals surface area contributed by atoms with Crippen LogP contribution in [0.25, 0.3) is 11.1 Å². The highest BCUT2D eigenvalue weighted by molar-refractivity contribution is 6.34. The van der Waals surface area contributed by atoms with Gasteiger partial charge in [0.15, 0.2) is 5.78 Å².